The van der Waals surface area contributed by atoms with Gasteiger partial charge in [0, 0.05) is 5.69 Å². The van der Waals surface area contributed by atoms with Gasteiger partial charge in [0.15, 0.2) is 0 Å². The fraction of sp³-hybridized carbons (Fsp3) is 0. The van der Waals surface area contributed by atoms with E-state index in [2.05, 4.69) is 270 Å². The van der Waals surface area contributed by atoms with Gasteiger partial charge in [-0.15, -0.1) is 0 Å². The van der Waals surface area contributed by atoms with Gasteiger partial charge in [-0.2, -0.15) is 0 Å². The minimum atomic E-state index is 0.271. The SMILES string of the molecule is C1=CB2c3c(ccc4ccc5ccccc5c34)C=CN2C=C1.C1=CN2C=Cc3ccc4ccccc4c3B2c2ccccc21.C1=Cc2ccccc2N2C=Cc3ccc4ccccc4c3B12. The van der Waals surface area contributed by atoms with Crippen molar-refractivity contribution in [2.75, 3.05) is 4.81 Å². The van der Waals surface area contributed by atoms with Crippen LogP contribution in [0, 0.1) is 0 Å². The Hall–Kier alpha value is -8.21. The summed E-state index contributed by atoms with van der Waals surface area (Å²) in [4.78, 5) is 6.98. The Balaban J connectivity index is 0.0000000988. The van der Waals surface area contributed by atoms with E-state index in [0.717, 1.165) is 0 Å². The topological polar surface area (TPSA) is 9.72 Å². The predicted octanol–water partition coefficient (Wildman–Crippen LogP) is 11.4. The van der Waals surface area contributed by atoms with Crippen molar-refractivity contribution in [1.82, 2.24) is 9.62 Å². The Morgan fingerprint density at radius 2 is 0.864 bits per heavy atom. The summed E-state index contributed by atoms with van der Waals surface area (Å²) in [5.74, 6) is 4.60. The molecule has 3 nitrogen and oxygen atoms in total. The van der Waals surface area contributed by atoms with Gasteiger partial charge in [0.1, 0.15) is 0 Å². The molecule has 0 bridgehead atoms. The smallest absolute Gasteiger partial charge is 0.329 e. The molecule has 0 aromatic heterocycles. The Morgan fingerprint density at radius 1 is 0.318 bits per heavy atom. The molecule has 6 heterocycles. The molecule has 0 amide bonds. The standard InChI is InChI=1S/3C20H14BN/c1-3-7-18-15(5-1)9-10-17-12-14-22-13-11-16-6-2-4-8-19(16)21(22)20(17)18;1-3-7-18-15(5-1)9-10-17-12-14-22-19-8-4-2-6-16(19)11-13-21(22)20(17)18;1-2-6-18-15(5-1)7-8-16-9-10-17-11-14-22-13-4-3-12-21(22)20(17)19(16)18/h3*1-14H. The molecular weight excluding hydrogens is 795 g/mol. The maximum absolute atomic E-state index is 2.38. The van der Waals surface area contributed by atoms with Crippen LogP contribution in [-0.2, 0) is 0 Å². The van der Waals surface area contributed by atoms with Gasteiger partial charge in [-0.3, -0.25) is 0 Å². The molecule has 0 radical (unpaired) electrons. The van der Waals surface area contributed by atoms with Crippen molar-refractivity contribution in [2.45, 2.75) is 0 Å². The maximum Gasteiger partial charge on any atom is 0.329 e. The molecule has 6 aliphatic rings. The minimum absolute atomic E-state index is 0.271. The summed E-state index contributed by atoms with van der Waals surface area (Å²) < 4.78 is 0. The van der Waals surface area contributed by atoms with E-state index in [9.17, 15) is 0 Å². The van der Waals surface area contributed by atoms with Crippen LogP contribution in [-0.4, -0.2) is 30.2 Å². The molecule has 0 N–H and O–H groups in total. The van der Waals surface area contributed by atoms with Crippen LogP contribution >= 0.6 is 0 Å². The van der Waals surface area contributed by atoms with E-state index < -0.39 is 0 Å². The number of rotatable bonds is 0. The summed E-state index contributed by atoms with van der Waals surface area (Å²) in [7, 11) is 0. The lowest BCUT2D eigenvalue weighted by atomic mass is 9.45. The summed E-state index contributed by atoms with van der Waals surface area (Å²) >= 11 is 0. The minimum Gasteiger partial charge on any atom is -0.389 e. The monoisotopic (exact) mass is 837 g/mol. The van der Waals surface area contributed by atoms with Crippen LogP contribution in [0.3, 0.4) is 0 Å². The molecule has 0 aliphatic carbocycles. The zero-order chi connectivity index (χ0) is 43.6. The lowest BCUT2D eigenvalue weighted by Gasteiger charge is -2.35. The zero-order valence-corrected chi connectivity index (χ0v) is 36.3. The molecule has 66 heavy (non-hydrogen) atoms. The molecule has 9 aromatic rings. The van der Waals surface area contributed by atoms with Gasteiger partial charge in [0.25, 0.3) is 0 Å². The first-order chi connectivity index (χ1) is 32.7. The first-order valence-electron chi connectivity index (χ1n) is 23.0. The normalized spacial score (nSPS) is 15.0. The Kier molecular flexibility index (Phi) is 9.16. The van der Waals surface area contributed by atoms with E-state index in [1.54, 1.807) is 0 Å². The molecular formula is C60H42B3N3. The summed E-state index contributed by atoms with van der Waals surface area (Å²) in [6.45, 7) is 0.841. The van der Waals surface area contributed by atoms with Crippen LogP contribution in [0.1, 0.15) is 27.8 Å². The van der Waals surface area contributed by atoms with Gasteiger partial charge in [0.2, 0.25) is 0 Å². The predicted molar refractivity (Wildman–Crippen MR) is 288 cm³/mol. The summed E-state index contributed by atoms with van der Waals surface area (Å²) in [5.41, 5.74) is 13.5. The molecule has 0 spiro atoms. The third-order valence-corrected chi connectivity index (χ3v) is 14.1. The average molecular weight is 837 g/mol. The number of hydrogen-bond acceptors (Lipinski definition) is 3. The average Bonchev–Trinajstić information content (AvgIpc) is 3.40. The van der Waals surface area contributed by atoms with Crippen molar-refractivity contribution in [1.29, 1.82) is 0 Å². The van der Waals surface area contributed by atoms with Crippen LogP contribution in [0.25, 0.3) is 73.5 Å². The largest absolute Gasteiger partial charge is 0.389 e. The molecule has 6 heteroatoms. The Morgan fingerprint density at radius 3 is 1.65 bits per heavy atom. The number of allylic oxidation sites excluding steroid dienone is 2. The van der Waals surface area contributed by atoms with E-state index in [4.69, 9.17) is 0 Å². The second-order valence-corrected chi connectivity index (χ2v) is 17.7. The molecule has 0 fully saturated rings. The van der Waals surface area contributed by atoms with Gasteiger partial charge in [-0.25, -0.2) is 0 Å². The first kappa shape index (κ1) is 38.3. The van der Waals surface area contributed by atoms with E-state index in [1.165, 1.54) is 98.4 Å². The third-order valence-electron chi connectivity index (χ3n) is 14.1. The van der Waals surface area contributed by atoms with Crippen molar-refractivity contribution < 1.29 is 0 Å². The third kappa shape index (κ3) is 6.32. The van der Waals surface area contributed by atoms with E-state index in [0.29, 0.717) is 6.85 Å². The van der Waals surface area contributed by atoms with Gasteiger partial charge in [-0.1, -0.05) is 188 Å². The summed E-state index contributed by atoms with van der Waals surface area (Å²) in [6.07, 6.45) is 26.3. The highest BCUT2D eigenvalue weighted by atomic mass is 15.1. The number of hydrogen-bond donors (Lipinski definition) is 0. The Labute approximate surface area is 386 Å². The molecule has 0 saturated carbocycles. The lowest BCUT2D eigenvalue weighted by molar-refractivity contribution is 0.798. The Bertz CT molecular complexity index is 3670. The second-order valence-electron chi connectivity index (χ2n) is 17.7. The highest BCUT2D eigenvalue weighted by Gasteiger charge is 2.35. The number of anilines is 1. The molecule has 306 valence electrons. The molecule has 9 aromatic carbocycles. The van der Waals surface area contributed by atoms with Crippen LogP contribution in [0.15, 0.2) is 225 Å². The van der Waals surface area contributed by atoms with Crippen LogP contribution in [0.2, 0.25) is 0 Å². The van der Waals surface area contributed by atoms with Crippen LogP contribution in [0.4, 0.5) is 5.69 Å². The van der Waals surface area contributed by atoms with E-state index in [-0.39, 0.29) is 13.7 Å². The molecule has 6 aliphatic heterocycles. The second kappa shape index (κ2) is 15.8. The van der Waals surface area contributed by atoms with Gasteiger partial charge in [0.05, 0.1) is 0 Å². The van der Waals surface area contributed by atoms with Crippen molar-refractivity contribution in [2.24, 2.45) is 0 Å². The molecule has 0 saturated heterocycles. The number of fused-ring (bicyclic) bond motifs is 21. The first-order valence-corrected chi connectivity index (χ1v) is 23.0. The van der Waals surface area contributed by atoms with E-state index >= 15 is 0 Å². The van der Waals surface area contributed by atoms with Gasteiger partial charge >= 0.3 is 20.5 Å². The quantitative estimate of drug-likeness (QED) is 0.111. The van der Waals surface area contributed by atoms with Crippen molar-refractivity contribution >= 4 is 122 Å². The molecule has 15 rings (SSSR count). The number of para-hydroxylation sites is 1. The molecule has 0 atom stereocenters. The highest BCUT2D eigenvalue weighted by Crippen LogP contribution is 2.33. The van der Waals surface area contributed by atoms with Crippen LogP contribution in [0.5, 0.6) is 0 Å². The van der Waals surface area contributed by atoms with Crippen LogP contribution < -0.4 is 26.7 Å². The summed E-state index contributed by atoms with van der Waals surface area (Å²) in [5, 5.41) is 10.7. The van der Waals surface area contributed by atoms with Crippen molar-refractivity contribution in [3.8, 4) is 0 Å². The van der Waals surface area contributed by atoms with Gasteiger partial charge < -0.3 is 14.4 Å². The lowest BCUT2D eigenvalue weighted by Crippen LogP contribution is -2.57. The van der Waals surface area contributed by atoms with E-state index in [1.807, 2.05) is 0 Å². The van der Waals surface area contributed by atoms with Crippen molar-refractivity contribution in [3.05, 3.63) is 253 Å². The van der Waals surface area contributed by atoms with Crippen molar-refractivity contribution in [3.63, 3.8) is 0 Å². The number of benzene rings is 9. The maximum atomic E-state index is 2.38. The molecule has 0 unspecified atom stereocenters. The fourth-order valence-electron chi connectivity index (χ4n) is 11.0. The summed E-state index contributed by atoms with van der Waals surface area (Å²) in [6, 6.07) is 61.2. The van der Waals surface area contributed by atoms with Gasteiger partial charge in [-0.05, 0) is 160 Å². The zero-order valence-electron chi connectivity index (χ0n) is 36.3. The number of nitrogens with zero attached hydrogens (tertiary/aromatic N) is 3. The fourth-order valence-corrected chi connectivity index (χ4v) is 11.0. The highest BCUT2D eigenvalue weighted by molar-refractivity contribution is 6.87.